The van der Waals surface area contributed by atoms with Crippen LogP contribution in [-0.2, 0) is 0 Å². The second-order valence-corrected chi connectivity index (χ2v) is 5.14. The first kappa shape index (κ1) is 15.7. The maximum absolute atomic E-state index is 13.3. The maximum atomic E-state index is 13.3. The number of hydrogen-bond acceptors (Lipinski definition) is 2. The summed E-state index contributed by atoms with van der Waals surface area (Å²) in [7, 11) is 0. The van der Waals surface area contributed by atoms with Crippen molar-refractivity contribution < 1.29 is 9.50 Å². The molecular formula is C13H18Cl2FNO. The molecule has 2 nitrogen and oxygen atoms in total. The van der Waals surface area contributed by atoms with Crippen LogP contribution in [-0.4, -0.2) is 11.2 Å². The van der Waals surface area contributed by atoms with Crippen LogP contribution in [0.5, 0.6) is 0 Å². The van der Waals surface area contributed by atoms with Gasteiger partial charge in [0.15, 0.2) is 0 Å². The highest BCUT2D eigenvalue weighted by molar-refractivity contribution is 6.30. The molecule has 0 aromatic heterocycles. The minimum Gasteiger partial charge on any atom is -0.391 e. The van der Waals surface area contributed by atoms with Gasteiger partial charge in [-0.15, -0.1) is 12.4 Å². The zero-order valence-electron chi connectivity index (χ0n) is 9.98. The Balaban J connectivity index is 0.00000162. The normalized spacial score (nSPS) is 19.3. The number of aliphatic hydroxyl groups is 1. The Bertz CT molecular complexity index is 397. The van der Waals surface area contributed by atoms with E-state index in [9.17, 15) is 9.50 Å². The molecule has 0 spiro atoms. The number of rotatable bonds is 3. The van der Waals surface area contributed by atoms with E-state index in [1.165, 1.54) is 12.1 Å². The van der Waals surface area contributed by atoms with Crippen LogP contribution >= 0.6 is 24.0 Å². The first-order chi connectivity index (χ1) is 8.09. The van der Waals surface area contributed by atoms with Crippen LogP contribution in [0.4, 0.5) is 4.39 Å². The molecule has 1 aliphatic rings. The van der Waals surface area contributed by atoms with Gasteiger partial charge in [0.1, 0.15) is 5.82 Å². The molecule has 1 aromatic rings. The van der Waals surface area contributed by atoms with Crippen molar-refractivity contribution in [3.63, 3.8) is 0 Å². The average molecular weight is 294 g/mol. The van der Waals surface area contributed by atoms with Gasteiger partial charge in [-0.05, 0) is 36.5 Å². The molecule has 0 radical (unpaired) electrons. The predicted octanol–water partition coefficient (Wildman–Crippen LogP) is 3.45. The molecule has 5 heteroatoms. The largest absolute Gasteiger partial charge is 0.391 e. The summed E-state index contributed by atoms with van der Waals surface area (Å²) in [5.74, 6) is -0.248. The lowest BCUT2D eigenvalue weighted by atomic mass is 9.91. The molecule has 2 rings (SSSR count). The smallest absolute Gasteiger partial charge is 0.142 e. The summed E-state index contributed by atoms with van der Waals surface area (Å²) >= 11 is 5.61. The van der Waals surface area contributed by atoms with E-state index in [1.807, 2.05) is 0 Å². The fourth-order valence-corrected chi connectivity index (χ4v) is 2.63. The van der Waals surface area contributed by atoms with E-state index in [0.717, 1.165) is 25.7 Å². The minimum absolute atomic E-state index is 0. The van der Waals surface area contributed by atoms with Crippen LogP contribution in [0.15, 0.2) is 18.2 Å². The average Bonchev–Trinajstić information content (AvgIpc) is 2.84. The molecule has 2 atom stereocenters. The second kappa shape index (κ2) is 6.71. The van der Waals surface area contributed by atoms with Gasteiger partial charge in [-0.3, -0.25) is 0 Å². The van der Waals surface area contributed by atoms with Gasteiger partial charge in [0.2, 0.25) is 0 Å². The van der Waals surface area contributed by atoms with E-state index < -0.39 is 18.0 Å². The van der Waals surface area contributed by atoms with E-state index in [2.05, 4.69) is 0 Å². The Hall–Kier alpha value is -0.350. The molecule has 1 aliphatic carbocycles. The SMILES string of the molecule is Cl.N[C@@H](c1ccc(Cl)c(F)c1)[C@H](O)C1CCCC1. The molecule has 18 heavy (non-hydrogen) atoms. The van der Waals surface area contributed by atoms with Gasteiger partial charge in [0.25, 0.3) is 0 Å². The lowest BCUT2D eigenvalue weighted by Crippen LogP contribution is -2.32. The molecule has 1 saturated carbocycles. The van der Waals surface area contributed by atoms with Crippen LogP contribution in [0.1, 0.15) is 37.3 Å². The summed E-state index contributed by atoms with van der Waals surface area (Å²) < 4.78 is 13.3. The van der Waals surface area contributed by atoms with E-state index in [4.69, 9.17) is 17.3 Å². The third-order valence-corrected chi connectivity index (χ3v) is 3.89. The number of aliphatic hydroxyl groups excluding tert-OH is 1. The van der Waals surface area contributed by atoms with E-state index in [0.29, 0.717) is 5.56 Å². The molecule has 1 aromatic carbocycles. The molecule has 0 heterocycles. The fourth-order valence-electron chi connectivity index (χ4n) is 2.51. The molecule has 0 bridgehead atoms. The third kappa shape index (κ3) is 3.35. The molecule has 0 saturated heterocycles. The Morgan fingerprint density at radius 2 is 1.94 bits per heavy atom. The first-order valence-electron chi connectivity index (χ1n) is 5.98. The molecular weight excluding hydrogens is 276 g/mol. The lowest BCUT2D eigenvalue weighted by Gasteiger charge is -2.24. The van der Waals surface area contributed by atoms with Gasteiger partial charge < -0.3 is 10.8 Å². The third-order valence-electron chi connectivity index (χ3n) is 3.58. The Kier molecular flexibility index (Phi) is 5.86. The highest BCUT2D eigenvalue weighted by Gasteiger charge is 2.28. The number of benzene rings is 1. The minimum atomic E-state index is -0.599. The lowest BCUT2D eigenvalue weighted by molar-refractivity contribution is 0.0844. The summed E-state index contributed by atoms with van der Waals surface area (Å²) in [5, 5.41) is 10.2. The number of nitrogens with two attached hydrogens (primary N) is 1. The Labute approximate surface area is 118 Å². The maximum Gasteiger partial charge on any atom is 0.142 e. The molecule has 0 amide bonds. The highest BCUT2D eigenvalue weighted by Crippen LogP contribution is 2.33. The van der Waals surface area contributed by atoms with Crippen molar-refractivity contribution in [3.8, 4) is 0 Å². The molecule has 1 fully saturated rings. The number of halogens is 3. The van der Waals surface area contributed by atoms with Gasteiger partial charge in [-0.2, -0.15) is 0 Å². The topological polar surface area (TPSA) is 46.2 Å². The van der Waals surface area contributed by atoms with Crippen molar-refractivity contribution in [2.45, 2.75) is 37.8 Å². The summed E-state index contributed by atoms with van der Waals surface area (Å²) in [6.07, 6.45) is 3.70. The van der Waals surface area contributed by atoms with Gasteiger partial charge >= 0.3 is 0 Å². The quantitative estimate of drug-likeness (QED) is 0.897. The van der Waals surface area contributed by atoms with Crippen LogP contribution in [0.3, 0.4) is 0 Å². The van der Waals surface area contributed by atoms with Crippen molar-refractivity contribution in [3.05, 3.63) is 34.6 Å². The van der Waals surface area contributed by atoms with Gasteiger partial charge in [0.05, 0.1) is 17.2 Å². The summed E-state index contributed by atoms with van der Waals surface area (Å²) in [4.78, 5) is 0. The molecule has 0 aliphatic heterocycles. The highest BCUT2D eigenvalue weighted by atomic mass is 35.5. The van der Waals surface area contributed by atoms with Gasteiger partial charge in [-0.25, -0.2) is 4.39 Å². The van der Waals surface area contributed by atoms with Crippen molar-refractivity contribution >= 4 is 24.0 Å². The van der Waals surface area contributed by atoms with Crippen LogP contribution < -0.4 is 5.73 Å². The zero-order valence-corrected chi connectivity index (χ0v) is 11.6. The fraction of sp³-hybridized carbons (Fsp3) is 0.538. The second-order valence-electron chi connectivity index (χ2n) is 4.73. The summed E-state index contributed by atoms with van der Waals surface area (Å²) in [5.41, 5.74) is 6.58. The van der Waals surface area contributed by atoms with Gasteiger partial charge in [-0.1, -0.05) is 30.5 Å². The Morgan fingerprint density at radius 3 is 2.50 bits per heavy atom. The van der Waals surface area contributed by atoms with Crippen molar-refractivity contribution in [2.75, 3.05) is 0 Å². The van der Waals surface area contributed by atoms with Crippen molar-refractivity contribution in [1.29, 1.82) is 0 Å². The Morgan fingerprint density at radius 1 is 1.33 bits per heavy atom. The summed E-state index contributed by atoms with van der Waals surface area (Å²) in [6, 6.07) is 3.93. The monoisotopic (exact) mass is 293 g/mol. The van der Waals surface area contributed by atoms with E-state index in [1.54, 1.807) is 6.07 Å². The van der Waals surface area contributed by atoms with E-state index >= 15 is 0 Å². The molecule has 102 valence electrons. The van der Waals surface area contributed by atoms with Crippen LogP contribution in [0, 0.1) is 11.7 Å². The van der Waals surface area contributed by atoms with Crippen LogP contribution in [0.2, 0.25) is 5.02 Å². The molecule has 3 N–H and O–H groups in total. The zero-order chi connectivity index (χ0) is 12.4. The van der Waals surface area contributed by atoms with Crippen molar-refractivity contribution in [2.24, 2.45) is 11.7 Å². The predicted molar refractivity (Wildman–Crippen MR) is 73.6 cm³/mol. The van der Waals surface area contributed by atoms with Crippen LogP contribution in [0.25, 0.3) is 0 Å². The first-order valence-corrected chi connectivity index (χ1v) is 6.36. The van der Waals surface area contributed by atoms with E-state index in [-0.39, 0.29) is 23.3 Å². The summed E-state index contributed by atoms with van der Waals surface area (Å²) in [6.45, 7) is 0. The molecule has 0 unspecified atom stereocenters. The number of hydrogen-bond donors (Lipinski definition) is 2. The van der Waals surface area contributed by atoms with Gasteiger partial charge in [0, 0.05) is 0 Å². The standard InChI is InChI=1S/C13H17ClFNO.ClH/c14-10-6-5-9(7-11(10)15)12(16)13(17)8-3-1-2-4-8;/h5-8,12-13,17H,1-4,16H2;1H/t12-,13+;/m0./s1. The van der Waals surface area contributed by atoms with Crippen molar-refractivity contribution in [1.82, 2.24) is 0 Å².